The largest absolute Gasteiger partial charge is 0.490 e. The summed E-state index contributed by atoms with van der Waals surface area (Å²) < 4.78 is 39.0. The third-order valence-corrected chi connectivity index (χ3v) is 6.55. The average Bonchev–Trinajstić information content (AvgIpc) is 3.60. The van der Waals surface area contributed by atoms with Crippen molar-refractivity contribution in [2.24, 2.45) is 18.7 Å². The summed E-state index contributed by atoms with van der Waals surface area (Å²) in [7, 11) is 1.92. The van der Waals surface area contributed by atoms with Gasteiger partial charge in [-0.3, -0.25) is 9.48 Å². The highest BCUT2D eigenvalue weighted by Gasteiger charge is 2.38. The molecule has 14 heteroatoms. The molecule has 1 atom stereocenters. The first-order valence-corrected chi connectivity index (χ1v) is 13.0. The Morgan fingerprint density at radius 3 is 2.57 bits per heavy atom. The first kappa shape index (κ1) is 30.1. The van der Waals surface area contributed by atoms with Gasteiger partial charge in [0.05, 0.1) is 24.0 Å². The van der Waals surface area contributed by atoms with Crippen LogP contribution in [0.4, 0.5) is 24.9 Å². The van der Waals surface area contributed by atoms with Crippen LogP contribution in [-0.2, 0) is 37.8 Å². The van der Waals surface area contributed by atoms with E-state index < -0.39 is 18.1 Å². The molecule has 42 heavy (non-hydrogen) atoms. The minimum atomic E-state index is -5.08. The zero-order valence-electron chi connectivity index (χ0n) is 22.9. The average molecular weight is 586 g/mol. The number of carbonyl (C=O) groups excluding carboxylic acids is 1. The third-order valence-electron chi connectivity index (χ3n) is 6.55. The summed E-state index contributed by atoms with van der Waals surface area (Å²) in [6.45, 7) is 3.27. The number of aliphatic carboxylic acids is 1. The molecule has 1 aliphatic rings. The Balaban J connectivity index is 0.000000517. The number of carboxylic acids is 1. The van der Waals surface area contributed by atoms with Crippen molar-refractivity contribution >= 4 is 23.6 Å². The van der Waals surface area contributed by atoms with Gasteiger partial charge in [0.2, 0.25) is 5.95 Å². The third kappa shape index (κ3) is 7.86. The molecule has 5 rings (SSSR count). The van der Waals surface area contributed by atoms with Gasteiger partial charge in [0, 0.05) is 30.9 Å². The second kappa shape index (κ2) is 12.7. The van der Waals surface area contributed by atoms with Crippen LogP contribution in [0.1, 0.15) is 46.3 Å². The molecule has 0 saturated carbocycles. The maximum Gasteiger partial charge on any atom is 0.490 e. The number of primary amides is 1. The molecule has 0 spiro atoms. The van der Waals surface area contributed by atoms with Gasteiger partial charge >= 0.3 is 12.1 Å². The number of rotatable bonds is 8. The summed E-state index contributed by atoms with van der Waals surface area (Å²) in [5, 5.41) is 18.2. The van der Waals surface area contributed by atoms with Crippen LogP contribution in [0.3, 0.4) is 0 Å². The Morgan fingerprint density at radius 1 is 1.17 bits per heavy atom. The summed E-state index contributed by atoms with van der Waals surface area (Å²) in [6, 6.07) is 10.1. The number of anilines is 2. The lowest BCUT2D eigenvalue weighted by Gasteiger charge is -2.24. The Labute approximate surface area is 239 Å². The molecule has 0 aliphatic heterocycles. The van der Waals surface area contributed by atoms with Crippen molar-refractivity contribution < 1.29 is 32.3 Å². The maximum absolute atomic E-state index is 11.3. The predicted octanol–water partition coefficient (Wildman–Crippen LogP) is 4.55. The lowest BCUT2D eigenvalue weighted by atomic mass is 9.88. The van der Waals surface area contributed by atoms with E-state index in [1.54, 1.807) is 10.7 Å². The van der Waals surface area contributed by atoms with E-state index in [2.05, 4.69) is 46.9 Å². The highest BCUT2D eigenvalue weighted by molar-refractivity contribution is 5.92. The summed E-state index contributed by atoms with van der Waals surface area (Å²) in [4.78, 5) is 29.8. The van der Waals surface area contributed by atoms with Crippen LogP contribution in [0.5, 0.6) is 0 Å². The van der Waals surface area contributed by atoms with Crippen molar-refractivity contribution in [3.63, 3.8) is 0 Å². The van der Waals surface area contributed by atoms with E-state index in [0.29, 0.717) is 36.3 Å². The molecule has 11 nitrogen and oxygen atoms in total. The Hall–Kier alpha value is -4.88. The molecule has 1 aliphatic carbocycles. The zero-order valence-corrected chi connectivity index (χ0v) is 22.9. The molecular weight excluding hydrogens is 555 g/mol. The van der Waals surface area contributed by atoms with Crippen LogP contribution in [0, 0.1) is 5.92 Å². The van der Waals surface area contributed by atoms with Gasteiger partial charge in [-0.25, -0.2) is 9.78 Å². The Bertz CT molecular complexity index is 1570. The molecule has 3 heterocycles. The molecule has 0 radical (unpaired) electrons. The van der Waals surface area contributed by atoms with Crippen molar-refractivity contribution in [2.75, 3.05) is 10.6 Å². The monoisotopic (exact) mass is 585 g/mol. The van der Waals surface area contributed by atoms with Crippen molar-refractivity contribution in [3.05, 3.63) is 77.1 Å². The van der Waals surface area contributed by atoms with Crippen LogP contribution < -0.4 is 16.4 Å². The Kier molecular flexibility index (Phi) is 9.13. The fraction of sp³-hybridized carbons (Fsp3) is 0.321. The van der Waals surface area contributed by atoms with Gasteiger partial charge in [0.15, 0.2) is 0 Å². The van der Waals surface area contributed by atoms with E-state index in [0.717, 1.165) is 47.5 Å². The number of hydrogen-bond acceptors (Lipinski definition) is 8. The van der Waals surface area contributed by atoms with Crippen LogP contribution in [0.25, 0.3) is 11.1 Å². The molecule has 5 N–H and O–H groups in total. The second-order valence-corrected chi connectivity index (χ2v) is 9.95. The number of benzene rings is 1. The smallest absolute Gasteiger partial charge is 0.475 e. The summed E-state index contributed by atoms with van der Waals surface area (Å²) in [6.07, 6.45) is 3.15. The quantitative estimate of drug-likeness (QED) is 0.232. The number of carboxylic acid groups (broad SMARTS) is 1. The molecule has 0 bridgehead atoms. The number of hydrogen-bond donors (Lipinski definition) is 4. The number of amides is 1. The fourth-order valence-electron chi connectivity index (χ4n) is 4.40. The lowest BCUT2D eigenvalue weighted by Crippen LogP contribution is -2.21. The second-order valence-electron chi connectivity index (χ2n) is 9.95. The maximum atomic E-state index is 11.3. The predicted molar refractivity (Wildman–Crippen MR) is 147 cm³/mol. The SMILES string of the molecule is CC1CCc2nc(NCc3cc(C(N)=O)co3)nc(NCc3cccc(-c4cnn(C)c4)c3)c2C1.O=C(O)C(F)(F)F. The fourth-order valence-corrected chi connectivity index (χ4v) is 4.40. The summed E-state index contributed by atoms with van der Waals surface area (Å²) in [5.74, 6) is -0.703. The zero-order chi connectivity index (χ0) is 30.4. The highest BCUT2D eigenvalue weighted by Crippen LogP contribution is 2.30. The van der Waals surface area contributed by atoms with Crippen molar-refractivity contribution in [1.82, 2.24) is 19.7 Å². The normalized spacial score (nSPS) is 14.4. The van der Waals surface area contributed by atoms with Gasteiger partial charge in [0.1, 0.15) is 17.8 Å². The number of carbonyl (C=O) groups is 2. The summed E-state index contributed by atoms with van der Waals surface area (Å²) >= 11 is 0. The van der Waals surface area contributed by atoms with Crippen molar-refractivity contribution in [1.29, 1.82) is 0 Å². The van der Waals surface area contributed by atoms with Gasteiger partial charge < -0.3 is 25.9 Å². The molecular formula is C28H30F3N7O4. The lowest BCUT2D eigenvalue weighted by molar-refractivity contribution is -0.192. The number of nitrogens with one attached hydrogen (secondary N) is 2. The number of aromatic nitrogens is 4. The molecule has 3 aromatic heterocycles. The number of alkyl halides is 3. The summed E-state index contributed by atoms with van der Waals surface area (Å²) in [5.41, 5.74) is 11.3. The number of aryl methyl sites for hydroxylation is 2. The molecule has 1 amide bonds. The van der Waals surface area contributed by atoms with E-state index in [4.69, 9.17) is 30.0 Å². The van der Waals surface area contributed by atoms with Crippen molar-refractivity contribution in [3.8, 4) is 11.1 Å². The number of nitrogens with zero attached hydrogens (tertiary/aromatic N) is 4. The van der Waals surface area contributed by atoms with E-state index in [9.17, 15) is 18.0 Å². The Morgan fingerprint density at radius 2 is 1.93 bits per heavy atom. The van der Waals surface area contributed by atoms with Crippen LogP contribution >= 0.6 is 0 Å². The minimum Gasteiger partial charge on any atom is -0.475 e. The van der Waals surface area contributed by atoms with E-state index in [1.165, 1.54) is 11.8 Å². The molecule has 0 saturated heterocycles. The minimum absolute atomic E-state index is 0.345. The highest BCUT2D eigenvalue weighted by atomic mass is 19.4. The molecule has 1 aromatic carbocycles. The van der Waals surface area contributed by atoms with E-state index in [1.807, 2.05) is 19.4 Å². The number of furan rings is 1. The molecule has 1 unspecified atom stereocenters. The van der Waals surface area contributed by atoms with Crippen molar-refractivity contribution in [2.45, 2.75) is 45.5 Å². The van der Waals surface area contributed by atoms with Gasteiger partial charge in [-0.2, -0.15) is 23.3 Å². The van der Waals surface area contributed by atoms with E-state index in [-0.39, 0.29) is 0 Å². The topological polar surface area (TPSA) is 161 Å². The molecule has 4 aromatic rings. The number of halogens is 3. The molecule has 222 valence electrons. The van der Waals surface area contributed by atoms with Gasteiger partial charge in [-0.05, 0) is 48.4 Å². The molecule has 0 fully saturated rings. The standard InChI is InChI=1S/C26H29N7O2.C2HF3O2/c1-16-6-7-23-22(8-16)25(32-26(31-23)29-13-21-10-19(15-35-21)24(27)34)28-11-17-4-3-5-18(9-17)20-12-30-33(2)14-20;3-2(4,5)1(6)7/h3-5,9-10,12,14-16H,6-8,11,13H2,1-2H3,(H2,27,34)(H2,28,29,31,32);(H,6,7). The van der Waals surface area contributed by atoms with Gasteiger partial charge in [0.25, 0.3) is 5.91 Å². The van der Waals surface area contributed by atoms with Crippen LogP contribution in [0.2, 0.25) is 0 Å². The first-order chi connectivity index (χ1) is 19.9. The van der Waals surface area contributed by atoms with E-state index >= 15 is 0 Å². The van der Waals surface area contributed by atoms with Gasteiger partial charge in [-0.15, -0.1) is 0 Å². The van der Waals surface area contributed by atoms with Crippen LogP contribution in [0.15, 0.2) is 53.4 Å². The number of nitrogens with two attached hydrogens (primary N) is 1. The van der Waals surface area contributed by atoms with Crippen LogP contribution in [-0.4, -0.2) is 42.9 Å². The first-order valence-electron chi connectivity index (χ1n) is 13.0. The number of fused-ring (bicyclic) bond motifs is 1. The van der Waals surface area contributed by atoms with Gasteiger partial charge in [-0.1, -0.05) is 25.1 Å².